The van der Waals surface area contributed by atoms with E-state index in [2.05, 4.69) is 46.8 Å². The van der Waals surface area contributed by atoms with Gasteiger partial charge < -0.3 is 17.0 Å². The van der Waals surface area contributed by atoms with Crippen LogP contribution in [-0.2, 0) is 0 Å². The van der Waals surface area contributed by atoms with Gasteiger partial charge in [0.2, 0.25) is 0 Å². The van der Waals surface area contributed by atoms with Crippen LogP contribution >= 0.6 is 11.3 Å². The molecule has 0 spiro atoms. The number of rotatable bonds is 1. The van der Waals surface area contributed by atoms with Crippen molar-refractivity contribution in [2.75, 3.05) is 0 Å². The fraction of sp³-hybridized carbons (Fsp3) is 0.0833. The van der Waals surface area contributed by atoms with E-state index in [1.807, 2.05) is 11.6 Å². The lowest BCUT2D eigenvalue weighted by atomic mass is 10.1. The van der Waals surface area contributed by atoms with E-state index in [-0.39, 0.29) is 17.0 Å². The summed E-state index contributed by atoms with van der Waals surface area (Å²) in [6, 6.07) is 8.45. The highest BCUT2D eigenvalue weighted by Crippen LogP contribution is 2.21. The Bertz CT molecular complexity index is 566. The smallest absolute Gasteiger partial charge is 0.194 e. The van der Waals surface area contributed by atoms with Crippen LogP contribution in [0.3, 0.4) is 0 Å². The van der Waals surface area contributed by atoms with Gasteiger partial charge >= 0.3 is 0 Å². The van der Waals surface area contributed by atoms with Crippen molar-refractivity contribution in [2.24, 2.45) is 0 Å². The first kappa shape index (κ1) is 11.4. The van der Waals surface area contributed by atoms with E-state index < -0.39 is 0 Å². The maximum absolute atomic E-state index is 4.55. The Hall–Kier alpha value is -1.13. The summed E-state index contributed by atoms with van der Waals surface area (Å²) in [6.45, 7) is 2.09. The fourth-order valence-electron chi connectivity index (χ4n) is 1.59. The van der Waals surface area contributed by atoms with Gasteiger partial charge in [0.25, 0.3) is 0 Å². The number of aryl methyl sites for hydroxylation is 1. The number of aromatic nitrogens is 2. The van der Waals surface area contributed by atoms with E-state index in [4.69, 9.17) is 0 Å². The molecule has 2 nitrogen and oxygen atoms in total. The van der Waals surface area contributed by atoms with E-state index in [0.29, 0.717) is 0 Å². The molecule has 0 bridgehead atoms. The van der Waals surface area contributed by atoms with Crippen molar-refractivity contribution in [3.05, 3.63) is 47.6 Å². The minimum Gasteiger partial charge on any atom is -1.00 e. The standard InChI is InChI=1S/C12H10N2S.BrH/c1-9-2-4-10(5-3-9)11-8-14-6-7-15-12(14)13-11;/h2-8H,1H3;1H/p-1. The minimum absolute atomic E-state index is 0. The van der Waals surface area contributed by atoms with Crippen LogP contribution in [0, 0.1) is 6.92 Å². The molecule has 0 radical (unpaired) electrons. The van der Waals surface area contributed by atoms with Gasteiger partial charge in [-0.1, -0.05) is 29.8 Å². The molecule has 0 fully saturated rings. The lowest BCUT2D eigenvalue weighted by molar-refractivity contribution is -0.00000303. The Morgan fingerprint density at radius 3 is 2.62 bits per heavy atom. The highest BCUT2D eigenvalue weighted by molar-refractivity contribution is 7.15. The Morgan fingerprint density at radius 1 is 1.19 bits per heavy atom. The molecule has 0 unspecified atom stereocenters. The van der Waals surface area contributed by atoms with Crippen molar-refractivity contribution < 1.29 is 17.0 Å². The van der Waals surface area contributed by atoms with Crippen LogP contribution in [0.25, 0.3) is 16.2 Å². The SMILES string of the molecule is Cc1ccc(-c2cn3ccsc3n2)cc1.[Br-]. The van der Waals surface area contributed by atoms with Crippen LogP contribution in [0.5, 0.6) is 0 Å². The summed E-state index contributed by atoms with van der Waals surface area (Å²) in [7, 11) is 0. The molecule has 0 saturated carbocycles. The van der Waals surface area contributed by atoms with Crippen LogP contribution in [0.1, 0.15) is 5.56 Å². The largest absolute Gasteiger partial charge is 1.00 e. The second-order valence-corrected chi connectivity index (χ2v) is 4.46. The van der Waals surface area contributed by atoms with Gasteiger partial charge in [-0.25, -0.2) is 4.98 Å². The molecule has 0 amide bonds. The molecule has 2 heterocycles. The zero-order valence-electron chi connectivity index (χ0n) is 8.72. The number of imidazole rings is 1. The molecule has 0 aliphatic carbocycles. The van der Waals surface area contributed by atoms with Gasteiger partial charge in [-0.3, -0.25) is 4.40 Å². The highest BCUT2D eigenvalue weighted by Gasteiger charge is 2.03. The Balaban J connectivity index is 0.000000963. The number of hydrogen-bond donors (Lipinski definition) is 0. The number of halogens is 1. The average molecular weight is 294 g/mol. The van der Waals surface area contributed by atoms with Crippen LogP contribution < -0.4 is 17.0 Å². The van der Waals surface area contributed by atoms with Crippen LogP contribution in [-0.4, -0.2) is 9.38 Å². The average Bonchev–Trinajstić information content (AvgIpc) is 2.78. The lowest BCUT2D eigenvalue weighted by Gasteiger charge is -1.96. The molecule has 82 valence electrons. The molecule has 0 N–H and O–H groups in total. The molecule has 0 saturated heterocycles. The van der Waals surface area contributed by atoms with Crippen molar-refractivity contribution in [1.29, 1.82) is 0 Å². The third-order valence-electron chi connectivity index (χ3n) is 2.44. The van der Waals surface area contributed by atoms with Gasteiger partial charge in [0.1, 0.15) is 0 Å². The maximum atomic E-state index is 4.55. The summed E-state index contributed by atoms with van der Waals surface area (Å²) >= 11 is 1.66. The Kier molecular flexibility index (Phi) is 3.12. The summed E-state index contributed by atoms with van der Waals surface area (Å²) in [4.78, 5) is 5.60. The first-order valence-electron chi connectivity index (χ1n) is 4.82. The highest BCUT2D eigenvalue weighted by atomic mass is 79.9. The quantitative estimate of drug-likeness (QED) is 0.634. The minimum atomic E-state index is 0. The maximum Gasteiger partial charge on any atom is 0.194 e. The number of thiazole rings is 1. The fourth-order valence-corrected chi connectivity index (χ4v) is 2.29. The number of hydrogen-bond acceptors (Lipinski definition) is 2. The number of nitrogens with zero attached hydrogens (tertiary/aromatic N) is 2. The molecule has 0 aliphatic heterocycles. The summed E-state index contributed by atoms with van der Waals surface area (Å²) in [5, 5.41) is 2.04. The van der Waals surface area contributed by atoms with E-state index in [9.17, 15) is 0 Å². The van der Waals surface area contributed by atoms with Crippen molar-refractivity contribution in [3.8, 4) is 11.3 Å². The third kappa shape index (κ3) is 1.90. The van der Waals surface area contributed by atoms with Gasteiger partial charge in [-0.2, -0.15) is 0 Å². The second kappa shape index (κ2) is 4.39. The van der Waals surface area contributed by atoms with Crippen molar-refractivity contribution >= 4 is 16.3 Å². The van der Waals surface area contributed by atoms with Crippen LogP contribution in [0.15, 0.2) is 42.0 Å². The number of fused-ring (bicyclic) bond motifs is 1. The first-order chi connectivity index (χ1) is 7.33. The molecule has 4 heteroatoms. The molecule has 3 rings (SSSR count). The van der Waals surface area contributed by atoms with E-state index in [1.165, 1.54) is 11.1 Å². The summed E-state index contributed by atoms with van der Waals surface area (Å²) < 4.78 is 2.06. The molecule has 0 atom stereocenters. The predicted octanol–water partition coefficient (Wildman–Crippen LogP) is 0.375. The van der Waals surface area contributed by atoms with Gasteiger partial charge in [0.15, 0.2) is 4.96 Å². The van der Waals surface area contributed by atoms with Crippen molar-refractivity contribution in [1.82, 2.24) is 9.38 Å². The monoisotopic (exact) mass is 293 g/mol. The van der Waals surface area contributed by atoms with Gasteiger partial charge in [-0.05, 0) is 6.92 Å². The van der Waals surface area contributed by atoms with Crippen LogP contribution in [0.4, 0.5) is 0 Å². The van der Waals surface area contributed by atoms with Crippen molar-refractivity contribution in [3.63, 3.8) is 0 Å². The van der Waals surface area contributed by atoms with E-state index >= 15 is 0 Å². The molecule has 2 aromatic heterocycles. The summed E-state index contributed by atoms with van der Waals surface area (Å²) in [5.41, 5.74) is 3.50. The molecule has 3 aromatic rings. The summed E-state index contributed by atoms with van der Waals surface area (Å²) in [5.74, 6) is 0. The summed E-state index contributed by atoms with van der Waals surface area (Å²) in [6.07, 6.45) is 4.10. The molecule has 1 aromatic carbocycles. The zero-order chi connectivity index (χ0) is 10.3. The van der Waals surface area contributed by atoms with E-state index in [0.717, 1.165) is 10.7 Å². The first-order valence-corrected chi connectivity index (χ1v) is 5.70. The topological polar surface area (TPSA) is 17.3 Å². The molecular formula is C12H10BrN2S-. The van der Waals surface area contributed by atoms with E-state index in [1.54, 1.807) is 11.3 Å². The van der Waals surface area contributed by atoms with Crippen molar-refractivity contribution in [2.45, 2.75) is 6.92 Å². The normalized spacial score (nSPS) is 10.3. The second-order valence-electron chi connectivity index (χ2n) is 3.59. The Labute approximate surface area is 108 Å². The van der Waals surface area contributed by atoms with Gasteiger partial charge in [0, 0.05) is 23.3 Å². The predicted molar refractivity (Wildman–Crippen MR) is 63.2 cm³/mol. The van der Waals surface area contributed by atoms with Gasteiger partial charge in [-0.15, -0.1) is 11.3 Å². The van der Waals surface area contributed by atoms with Crippen LogP contribution in [0.2, 0.25) is 0 Å². The number of benzene rings is 1. The Morgan fingerprint density at radius 2 is 1.94 bits per heavy atom. The lowest BCUT2D eigenvalue weighted by Crippen LogP contribution is -3.00. The third-order valence-corrected chi connectivity index (χ3v) is 3.21. The van der Waals surface area contributed by atoms with Gasteiger partial charge in [0.05, 0.1) is 5.69 Å². The molecule has 0 aliphatic rings. The molecule has 16 heavy (non-hydrogen) atoms. The zero-order valence-corrected chi connectivity index (χ0v) is 11.1. The molecular weight excluding hydrogens is 284 g/mol.